The van der Waals surface area contributed by atoms with Crippen molar-refractivity contribution < 1.29 is 4.79 Å². The molecule has 1 heterocycles. The Kier molecular flexibility index (Phi) is 5.89. The van der Waals surface area contributed by atoms with Gasteiger partial charge in [0, 0.05) is 18.1 Å². The Morgan fingerprint density at radius 1 is 1.36 bits per heavy atom. The highest BCUT2D eigenvalue weighted by molar-refractivity contribution is 5.70. The molecule has 0 saturated heterocycles. The molecule has 0 bridgehead atoms. The minimum Gasteiger partial charge on any atom is -0.329 e. The lowest BCUT2D eigenvalue weighted by atomic mass is 10.4. The molecule has 0 radical (unpaired) electrons. The molecule has 60 valence electrons. The highest BCUT2D eigenvalue weighted by Crippen LogP contribution is 1.99. The average molecular weight is 152 g/mol. The number of nitrogens with zero attached hydrogens (tertiary/aromatic N) is 1. The molecule has 1 aromatic heterocycles. The standard InChI is InChI=1S/C6H6N2O.C2H6/c9-5-8-6-1-3-7-4-2-6;1-2/h1-5H,(H,7,8,9);1-2H3. The number of nitrogens with one attached hydrogen (secondary N) is 1. The van der Waals surface area contributed by atoms with E-state index in [1.807, 2.05) is 13.8 Å². The maximum atomic E-state index is 9.84. The molecule has 0 aliphatic rings. The van der Waals surface area contributed by atoms with Crippen LogP contribution in [0.2, 0.25) is 0 Å². The number of pyridine rings is 1. The fourth-order valence-corrected chi connectivity index (χ4v) is 0.516. The summed E-state index contributed by atoms with van der Waals surface area (Å²) in [5, 5.41) is 2.49. The Morgan fingerprint density at radius 3 is 2.36 bits per heavy atom. The first-order valence-electron chi connectivity index (χ1n) is 3.53. The summed E-state index contributed by atoms with van der Waals surface area (Å²) in [6.07, 6.45) is 3.87. The Balaban J connectivity index is 0.000000461. The van der Waals surface area contributed by atoms with Crippen molar-refractivity contribution in [3.63, 3.8) is 0 Å². The second kappa shape index (κ2) is 6.74. The maximum absolute atomic E-state index is 9.84. The molecular formula is C8H12N2O. The molecular weight excluding hydrogens is 140 g/mol. The summed E-state index contributed by atoms with van der Waals surface area (Å²) in [6.45, 7) is 4.00. The van der Waals surface area contributed by atoms with Gasteiger partial charge >= 0.3 is 0 Å². The normalized spacial score (nSPS) is 7.45. The smallest absolute Gasteiger partial charge is 0.211 e. The first-order valence-corrected chi connectivity index (χ1v) is 3.53. The van der Waals surface area contributed by atoms with Crippen molar-refractivity contribution in [1.82, 2.24) is 4.98 Å². The van der Waals surface area contributed by atoms with Gasteiger partial charge < -0.3 is 5.32 Å². The van der Waals surface area contributed by atoms with Gasteiger partial charge in [-0.1, -0.05) is 13.8 Å². The Morgan fingerprint density at radius 2 is 1.91 bits per heavy atom. The van der Waals surface area contributed by atoms with Crippen LogP contribution >= 0.6 is 0 Å². The van der Waals surface area contributed by atoms with E-state index in [9.17, 15) is 4.79 Å². The van der Waals surface area contributed by atoms with Crippen molar-refractivity contribution in [3.05, 3.63) is 24.5 Å². The van der Waals surface area contributed by atoms with E-state index in [0.29, 0.717) is 6.41 Å². The van der Waals surface area contributed by atoms with Crippen LogP contribution in [0.4, 0.5) is 5.69 Å². The zero-order valence-electron chi connectivity index (χ0n) is 6.74. The Bertz CT molecular complexity index is 187. The SMILES string of the molecule is CC.O=CNc1ccncc1. The van der Waals surface area contributed by atoms with Crippen LogP contribution in [0, 0.1) is 0 Å². The first-order chi connectivity index (χ1) is 5.43. The first kappa shape index (κ1) is 9.62. The molecule has 0 unspecified atom stereocenters. The van der Waals surface area contributed by atoms with Gasteiger partial charge in [0.15, 0.2) is 0 Å². The van der Waals surface area contributed by atoms with Crippen LogP contribution in [0.1, 0.15) is 13.8 Å². The lowest BCUT2D eigenvalue weighted by Gasteiger charge is -1.92. The van der Waals surface area contributed by atoms with Crippen LogP contribution in [0.25, 0.3) is 0 Å². The average Bonchev–Trinajstić information content (AvgIpc) is 2.11. The van der Waals surface area contributed by atoms with E-state index in [1.165, 1.54) is 0 Å². The van der Waals surface area contributed by atoms with Crippen LogP contribution in [0.3, 0.4) is 0 Å². The predicted octanol–water partition coefficient (Wildman–Crippen LogP) is 1.68. The molecule has 3 nitrogen and oxygen atoms in total. The summed E-state index contributed by atoms with van der Waals surface area (Å²) in [6, 6.07) is 3.43. The molecule has 1 rings (SSSR count). The highest BCUT2D eigenvalue weighted by Gasteiger charge is 1.82. The van der Waals surface area contributed by atoms with Crippen molar-refractivity contribution in [1.29, 1.82) is 0 Å². The third-order valence-electron chi connectivity index (χ3n) is 0.906. The summed E-state index contributed by atoms with van der Waals surface area (Å²) in [4.78, 5) is 13.6. The monoisotopic (exact) mass is 152 g/mol. The van der Waals surface area contributed by atoms with Crippen LogP contribution in [-0.4, -0.2) is 11.4 Å². The summed E-state index contributed by atoms with van der Waals surface area (Å²) in [7, 11) is 0. The Hall–Kier alpha value is -1.38. The molecule has 0 atom stereocenters. The second-order valence-electron chi connectivity index (χ2n) is 1.50. The van der Waals surface area contributed by atoms with Crippen molar-refractivity contribution in [2.24, 2.45) is 0 Å². The van der Waals surface area contributed by atoms with Gasteiger partial charge in [-0.05, 0) is 12.1 Å². The van der Waals surface area contributed by atoms with Gasteiger partial charge in [0.2, 0.25) is 6.41 Å². The number of anilines is 1. The third kappa shape index (κ3) is 4.08. The molecule has 11 heavy (non-hydrogen) atoms. The van der Waals surface area contributed by atoms with Crippen LogP contribution in [0.15, 0.2) is 24.5 Å². The lowest BCUT2D eigenvalue weighted by Crippen LogP contribution is -1.92. The zero-order valence-corrected chi connectivity index (χ0v) is 6.74. The lowest BCUT2D eigenvalue weighted by molar-refractivity contribution is -0.105. The molecule has 0 spiro atoms. The van der Waals surface area contributed by atoms with Crippen LogP contribution < -0.4 is 5.32 Å². The zero-order chi connectivity index (χ0) is 8.53. The molecule has 0 aliphatic carbocycles. The fraction of sp³-hybridized carbons (Fsp3) is 0.250. The Labute approximate surface area is 66.5 Å². The van der Waals surface area contributed by atoms with Crippen molar-refractivity contribution >= 4 is 12.1 Å². The minimum absolute atomic E-state index is 0.634. The number of hydrogen-bond acceptors (Lipinski definition) is 2. The molecule has 1 amide bonds. The maximum Gasteiger partial charge on any atom is 0.211 e. The topological polar surface area (TPSA) is 42.0 Å². The number of carbonyl (C=O) groups excluding carboxylic acids is 1. The van der Waals surface area contributed by atoms with Gasteiger partial charge in [-0.25, -0.2) is 0 Å². The number of aromatic nitrogens is 1. The number of carbonyl (C=O) groups is 1. The van der Waals surface area contributed by atoms with E-state index < -0.39 is 0 Å². The molecule has 1 N–H and O–H groups in total. The molecule has 0 aromatic carbocycles. The van der Waals surface area contributed by atoms with Gasteiger partial charge in [0.1, 0.15) is 0 Å². The van der Waals surface area contributed by atoms with Crippen molar-refractivity contribution in [2.45, 2.75) is 13.8 Å². The van der Waals surface area contributed by atoms with Gasteiger partial charge in [0.25, 0.3) is 0 Å². The van der Waals surface area contributed by atoms with E-state index in [1.54, 1.807) is 24.5 Å². The molecule has 0 saturated carbocycles. The van der Waals surface area contributed by atoms with Gasteiger partial charge in [-0.15, -0.1) is 0 Å². The van der Waals surface area contributed by atoms with E-state index in [-0.39, 0.29) is 0 Å². The summed E-state index contributed by atoms with van der Waals surface area (Å²) < 4.78 is 0. The highest BCUT2D eigenvalue weighted by atomic mass is 16.1. The van der Waals surface area contributed by atoms with Gasteiger partial charge in [-0.3, -0.25) is 9.78 Å². The summed E-state index contributed by atoms with van der Waals surface area (Å²) in [5.74, 6) is 0. The molecule has 0 aliphatic heterocycles. The van der Waals surface area contributed by atoms with E-state index in [2.05, 4.69) is 10.3 Å². The van der Waals surface area contributed by atoms with Crippen LogP contribution in [0.5, 0.6) is 0 Å². The molecule has 0 fully saturated rings. The summed E-state index contributed by atoms with van der Waals surface area (Å²) in [5.41, 5.74) is 0.764. The van der Waals surface area contributed by atoms with Gasteiger partial charge in [-0.2, -0.15) is 0 Å². The number of rotatable bonds is 2. The van der Waals surface area contributed by atoms with Gasteiger partial charge in [0.05, 0.1) is 0 Å². The quantitative estimate of drug-likeness (QED) is 0.655. The molecule has 1 aromatic rings. The second-order valence-corrected chi connectivity index (χ2v) is 1.50. The predicted molar refractivity (Wildman–Crippen MR) is 45.3 cm³/mol. The van der Waals surface area contributed by atoms with E-state index in [4.69, 9.17) is 0 Å². The van der Waals surface area contributed by atoms with E-state index >= 15 is 0 Å². The van der Waals surface area contributed by atoms with Crippen molar-refractivity contribution in [3.8, 4) is 0 Å². The number of hydrogen-bond donors (Lipinski definition) is 1. The largest absolute Gasteiger partial charge is 0.329 e. The summed E-state index contributed by atoms with van der Waals surface area (Å²) >= 11 is 0. The minimum atomic E-state index is 0.634. The molecule has 3 heteroatoms. The number of amides is 1. The van der Waals surface area contributed by atoms with E-state index in [0.717, 1.165) is 5.69 Å². The third-order valence-corrected chi connectivity index (χ3v) is 0.906. The fourth-order valence-electron chi connectivity index (χ4n) is 0.516. The van der Waals surface area contributed by atoms with Crippen LogP contribution in [-0.2, 0) is 4.79 Å². The van der Waals surface area contributed by atoms with Crippen molar-refractivity contribution in [2.75, 3.05) is 5.32 Å².